The van der Waals surface area contributed by atoms with Crippen molar-refractivity contribution in [2.24, 2.45) is 0 Å². The molecule has 0 amide bonds. The van der Waals surface area contributed by atoms with Crippen molar-refractivity contribution in [3.63, 3.8) is 0 Å². The first kappa shape index (κ1) is 8.89. The molecular formula is C7H15FO. The van der Waals surface area contributed by atoms with Crippen LogP contribution in [0.1, 0.15) is 26.7 Å². The van der Waals surface area contributed by atoms with Gasteiger partial charge in [0, 0.05) is 6.61 Å². The maximum Gasteiger partial charge on any atom is 0.123 e. The summed E-state index contributed by atoms with van der Waals surface area (Å²) < 4.78 is 16.9. The van der Waals surface area contributed by atoms with Gasteiger partial charge >= 0.3 is 0 Å². The minimum absolute atomic E-state index is 0.319. The lowest BCUT2D eigenvalue weighted by atomic mass is 10.2. The van der Waals surface area contributed by atoms with Crippen LogP contribution in [0, 0.1) is 0 Å². The fourth-order valence-electron chi connectivity index (χ4n) is 0.701. The van der Waals surface area contributed by atoms with Crippen LogP contribution < -0.4 is 0 Å². The standard InChI is InChI=1S/C5H9FO.C2H6/c6-5-2-1-3-7-4-5;1-2/h5H,1-4H2;1-2H3/t5-;/m1./s1. The van der Waals surface area contributed by atoms with Gasteiger partial charge in [-0.1, -0.05) is 13.8 Å². The highest BCUT2D eigenvalue weighted by Crippen LogP contribution is 2.07. The van der Waals surface area contributed by atoms with Crippen molar-refractivity contribution in [2.45, 2.75) is 32.9 Å². The number of alkyl halides is 1. The maximum atomic E-state index is 12.1. The second-order valence-corrected chi connectivity index (χ2v) is 1.81. The number of halogens is 1. The molecule has 0 unspecified atom stereocenters. The monoisotopic (exact) mass is 134 g/mol. The summed E-state index contributed by atoms with van der Waals surface area (Å²) in [6.07, 6.45) is 0.898. The summed E-state index contributed by atoms with van der Waals surface area (Å²) in [5.41, 5.74) is 0. The fraction of sp³-hybridized carbons (Fsp3) is 1.00. The quantitative estimate of drug-likeness (QED) is 0.493. The molecule has 1 fully saturated rings. The summed E-state index contributed by atoms with van der Waals surface area (Å²) in [6, 6.07) is 0. The summed E-state index contributed by atoms with van der Waals surface area (Å²) in [4.78, 5) is 0. The van der Waals surface area contributed by atoms with E-state index < -0.39 is 6.17 Å². The Balaban J connectivity index is 0.000000291. The molecule has 1 saturated heterocycles. The molecule has 9 heavy (non-hydrogen) atoms. The van der Waals surface area contributed by atoms with E-state index in [-0.39, 0.29) is 0 Å². The third kappa shape index (κ3) is 4.40. The first-order valence-corrected chi connectivity index (χ1v) is 3.61. The molecule has 1 atom stereocenters. The Morgan fingerprint density at radius 2 is 2.11 bits per heavy atom. The van der Waals surface area contributed by atoms with Crippen LogP contribution in [-0.2, 0) is 4.74 Å². The van der Waals surface area contributed by atoms with Gasteiger partial charge in [-0.2, -0.15) is 0 Å². The summed E-state index contributed by atoms with van der Waals surface area (Å²) in [5, 5.41) is 0. The lowest BCUT2D eigenvalue weighted by molar-refractivity contribution is 0.0366. The molecule has 0 N–H and O–H groups in total. The summed E-state index contributed by atoms with van der Waals surface area (Å²) in [7, 11) is 0. The molecule has 1 rings (SSSR count). The summed E-state index contributed by atoms with van der Waals surface area (Å²) in [5.74, 6) is 0. The molecular weight excluding hydrogens is 119 g/mol. The second-order valence-electron chi connectivity index (χ2n) is 1.81. The van der Waals surface area contributed by atoms with E-state index in [0.717, 1.165) is 13.0 Å². The van der Waals surface area contributed by atoms with Crippen LogP contribution in [-0.4, -0.2) is 19.4 Å². The van der Waals surface area contributed by atoms with Crippen molar-refractivity contribution < 1.29 is 9.13 Å². The molecule has 0 aromatic rings. The van der Waals surface area contributed by atoms with E-state index in [9.17, 15) is 4.39 Å². The molecule has 1 aliphatic rings. The lowest BCUT2D eigenvalue weighted by Crippen LogP contribution is -2.17. The molecule has 0 radical (unpaired) electrons. The molecule has 1 nitrogen and oxygen atoms in total. The zero-order valence-corrected chi connectivity index (χ0v) is 6.19. The van der Waals surface area contributed by atoms with Gasteiger partial charge in [-0.25, -0.2) is 4.39 Å². The highest BCUT2D eigenvalue weighted by atomic mass is 19.1. The van der Waals surface area contributed by atoms with E-state index in [0.29, 0.717) is 13.0 Å². The van der Waals surface area contributed by atoms with Crippen molar-refractivity contribution in [1.29, 1.82) is 0 Å². The molecule has 0 spiro atoms. The summed E-state index contributed by atoms with van der Waals surface area (Å²) >= 11 is 0. The highest BCUT2D eigenvalue weighted by Gasteiger charge is 2.10. The van der Waals surface area contributed by atoms with Crippen LogP contribution in [0.3, 0.4) is 0 Å². The van der Waals surface area contributed by atoms with Crippen LogP contribution in [0.25, 0.3) is 0 Å². The second kappa shape index (κ2) is 6.02. The zero-order valence-electron chi connectivity index (χ0n) is 6.19. The smallest absolute Gasteiger partial charge is 0.123 e. The predicted octanol–water partition coefficient (Wildman–Crippen LogP) is 2.16. The van der Waals surface area contributed by atoms with Crippen molar-refractivity contribution in [1.82, 2.24) is 0 Å². The van der Waals surface area contributed by atoms with Gasteiger partial charge in [-0.3, -0.25) is 0 Å². The van der Waals surface area contributed by atoms with Gasteiger partial charge in [-0.05, 0) is 12.8 Å². The Kier molecular flexibility index (Phi) is 5.94. The third-order valence-corrected chi connectivity index (χ3v) is 1.10. The molecule has 2 heteroatoms. The summed E-state index contributed by atoms with van der Waals surface area (Å²) in [6.45, 7) is 5.07. The number of rotatable bonds is 0. The number of hydrogen-bond acceptors (Lipinski definition) is 1. The first-order chi connectivity index (χ1) is 4.39. The van der Waals surface area contributed by atoms with Gasteiger partial charge in [0.25, 0.3) is 0 Å². The Labute approximate surface area is 56.2 Å². The Hall–Kier alpha value is -0.110. The molecule has 0 aliphatic carbocycles. The van der Waals surface area contributed by atoms with Crippen molar-refractivity contribution in [3.8, 4) is 0 Å². The molecule has 56 valence electrons. The minimum atomic E-state index is -0.686. The van der Waals surface area contributed by atoms with Gasteiger partial charge < -0.3 is 4.74 Å². The van der Waals surface area contributed by atoms with Gasteiger partial charge in [0.15, 0.2) is 0 Å². The minimum Gasteiger partial charge on any atom is -0.378 e. The maximum absolute atomic E-state index is 12.1. The normalized spacial score (nSPS) is 26.3. The van der Waals surface area contributed by atoms with E-state index in [2.05, 4.69) is 0 Å². The molecule has 0 saturated carbocycles. The zero-order chi connectivity index (χ0) is 7.11. The average molecular weight is 134 g/mol. The van der Waals surface area contributed by atoms with Crippen LogP contribution in [0.4, 0.5) is 4.39 Å². The number of ether oxygens (including phenoxy) is 1. The van der Waals surface area contributed by atoms with Gasteiger partial charge in [-0.15, -0.1) is 0 Å². The van der Waals surface area contributed by atoms with E-state index >= 15 is 0 Å². The Bertz CT molecular complexity index is 50.9. The van der Waals surface area contributed by atoms with E-state index in [1.54, 1.807) is 0 Å². The third-order valence-electron chi connectivity index (χ3n) is 1.10. The number of hydrogen-bond donors (Lipinski definition) is 0. The SMILES string of the molecule is CC.F[C@@H]1CCCOC1. The lowest BCUT2D eigenvalue weighted by Gasteiger charge is -2.13. The molecule has 1 aliphatic heterocycles. The van der Waals surface area contributed by atoms with Gasteiger partial charge in [0.1, 0.15) is 6.17 Å². The van der Waals surface area contributed by atoms with E-state index in [1.165, 1.54) is 0 Å². The largest absolute Gasteiger partial charge is 0.378 e. The van der Waals surface area contributed by atoms with Crippen molar-refractivity contribution >= 4 is 0 Å². The molecule has 1 heterocycles. The topological polar surface area (TPSA) is 9.23 Å². The van der Waals surface area contributed by atoms with Crippen LogP contribution >= 0.6 is 0 Å². The predicted molar refractivity (Wildman–Crippen MR) is 36.3 cm³/mol. The van der Waals surface area contributed by atoms with Gasteiger partial charge in [0.05, 0.1) is 6.61 Å². The Morgan fingerprint density at radius 1 is 1.44 bits per heavy atom. The first-order valence-electron chi connectivity index (χ1n) is 3.61. The molecule has 0 bridgehead atoms. The average Bonchev–Trinajstić information content (AvgIpc) is 1.94. The van der Waals surface area contributed by atoms with Crippen LogP contribution in [0.2, 0.25) is 0 Å². The van der Waals surface area contributed by atoms with E-state index in [4.69, 9.17) is 4.74 Å². The van der Waals surface area contributed by atoms with E-state index in [1.807, 2.05) is 13.8 Å². The molecule has 0 aromatic carbocycles. The van der Waals surface area contributed by atoms with Crippen molar-refractivity contribution in [3.05, 3.63) is 0 Å². The van der Waals surface area contributed by atoms with Crippen LogP contribution in [0.15, 0.2) is 0 Å². The molecule has 0 aromatic heterocycles. The Morgan fingerprint density at radius 3 is 2.33 bits per heavy atom. The fourth-order valence-corrected chi connectivity index (χ4v) is 0.701. The van der Waals surface area contributed by atoms with Crippen molar-refractivity contribution in [2.75, 3.05) is 13.2 Å². The van der Waals surface area contributed by atoms with Crippen LogP contribution in [0.5, 0.6) is 0 Å². The highest BCUT2D eigenvalue weighted by molar-refractivity contribution is 4.58. The van der Waals surface area contributed by atoms with Gasteiger partial charge in [0.2, 0.25) is 0 Å².